The lowest BCUT2D eigenvalue weighted by Crippen LogP contribution is -2.61. The maximum Gasteiger partial charge on any atom is 0.303 e. The van der Waals surface area contributed by atoms with Crippen LogP contribution >= 0.6 is 21.6 Å². The van der Waals surface area contributed by atoms with Crippen molar-refractivity contribution in [1.29, 1.82) is 0 Å². The number of carbonyl (C=O) groups is 17. The van der Waals surface area contributed by atoms with E-state index in [1.165, 1.54) is 18.1 Å². The molecule has 3 aliphatic heterocycles. The Hall–Kier alpha value is -8.97. The molecule has 15 atom stereocenters. The van der Waals surface area contributed by atoms with E-state index in [2.05, 4.69) is 79.4 Å². The first-order valence-corrected chi connectivity index (χ1v) is 38.8. The largest absolute Gasteiger partial charge is 0.481 e. The number of hydrogen-bond donors (Lipinski definition) is 20. The number of fused-ring (bicyclic) bond motifs is 6. The number of aliphatic hydroxyl groups is 2. The van der Waals surface area contributed by atoms with Crippen LogP contribution in [0.3, 0.4) is 0 Å². The highest BCUT2D eigenvalue weighted by molar-refractivity contribution is 8.76. The van der Waals surface area contributed by atoms with Crippen LogP contribution < -0.4 is 91.6 Å². The van der Waals surface area contributed by atoms with Gasteiger partial charge < -0.3 is 112 Å². The first-order valence-electron chi connectivity index (χ1n) is 34.6. The Labute approximate surface area is 623 Å². The smallest absolute Gasteiger partial charge is 0.303 e. The van der Waals surface area contributed by atoms with Gasteiger partial charge in [-0.2, -0.15) is 0 Å². The van der Waals surface area contributed by atoms with Gasteiger partial charge in [-0.05, 0) is 89.4 Å². The number of nitrogens with one attached hydrogen (secondary N) is 14. The highest BCUT2D eigenvalue weighted by Crippen LogP contribution is 2.25. The van der Waals surface area contributed by atoms with E-state index in [1.54, 1.807) is 41.5 Å². The molecule has 3 rings (SSSR count). The molecule has 0 aromatic carbocycles. The third-order valence-corrected chi connectivity index (χ3v) is 19.6. The number of primary amides is 1. The fourth-order valence-electron chi connectivity index (χ4n) is 11.0. The molecule has 15 unspecified atom stereocenters. The highest BCUT2D eigenvalue weighted by atomic mass is 33.1. The zero-order chi connectivity index (χ0) is 79.8. The predicted molar refractivity (Wildman–Crippen MR) is 386 cm³/mol. The summed E-state index contributed by atoms with van der Waals surface area (Å²) in [6.45, 7) is 9.61. The third kappa shape index (κ3) is 32.8. The quantitative estimate of drug-likeness (QED) is 0.0233. The summed E-state index contributed by atoms with van der Waals surface area (Å²) in [5.74, 6) is -21.5. The normalized spacial score (nSPS) is 26.9. The Balaban J connectivity index is 2.40. The van der Waals surface area contributed by atoms with Crippen molar-refractivity contribution in [2.24, 2.45) is 39.9 Å². The van der Waals surface area contributed by atoms with E-state index < -0.39 is 253 Å². The Morgan fingerprint density at radius 2 is 0.915 bits per heavy atom. The maximum absolute atomic E-state index is 14.9. The Morgan fingerprint density at radius 1 is 0.500 bits per heavy atom. The van der Waals surface area contributed by atoms with Gasteiger partial charge in [0.2, 0.25) is 94.5 Å². The fraction of sp³-hybridized carbons (Fsp3) is 0.714. The molecule has 0 aliphatic carbocycles. The van der Waals surface area contributed by atoms with Crippen molar-refractivity contribution in [3.05, 3.63) is 0 Å². The molecule has 40 nitrogen and oxygen atoms in total. The van der Waals surface area contributed by atoms with Gasteiger partial charge in [-0.1, -0.05) is 63.1 Å². The van der Waals surface area contributed by atoms with Crippen LogP contribution in [0.1, 0.15) is 126 Å². The summed E-state index contributed by atoms with van der Waals surface area (Å²) in [6.07, 6.45) is -5.31. The molecule has 23 N–H and O–H groups in total. The summed E-state index contributed by atoms with van der Waals surface area (Å²) in [5.41, 5.74) is 16.6. The molecule has 0 aromatic heterocycles. The summed E-state index contributed by atoms with van der Waals surface area (Å²) in [5, 5.41) is 65.2. The second-order valence-electron chi connectivity index (χ2n) is 27.1. The average molecular weight is 1560 g/mol. The number of nitrogens with zero attached hydrogens (tertiary/aromatic N) is 2. The average Bonchev–Trinajstić information content (AvgIpc) is 1.69. The van der Waals surface area contributed by atoms with Gasteiger partial charge >= 0.3 is 5.97 Å². The number of aliphatic carboxylic acids is 1. The number of carboxylic acids is 1. The van der Waals surface area contributed by atoms with Gasteiger partial charge in [-0.3, -0.25) is 90.7 Å². The van der Waals surface area contributed by atoms with Gasteiger partial charge in [-0.15, -0.1) is 0 Å². The number of nitrogens with two attached hydrogens (primary N) is 3. The molecule has 3 aliphatic rings. The van der Waals surface area contributed by atoms with Gasteiger partial charge in [-0.25, -0.2) is 0 Å². The van der Waals surface area contributed by atoms with E-state index >= 15 is 0 Å². The minimum absolute atomic E-state index is 0.0218. The number of carbonyl (C=O) groups excluding carboxylic acids is 16. The lowest BCUT2D eigenvalue weighted by molar-refractivity contribution is -0.143. The van der Waals surface area contributed by atoms with Crippen LogP contribution in [0.5, 0.6) is 0 Å². The van der Waals surface area contributed by atoms with E-state index in [0.29, 0.717) is 6.42 Å². The van der Waals surface area contributed by atoms with Gasteiger partial charge in [0.05, 0.1) is 38.3 Å². The summed E-state index contributed by atoms with van der Waals surface area (Å²) in [7, 11) is -0.190. The molecule has 0 spiro atoms. The second-order valence-corrected chi connectivity index (χ2v) is 31.2. The van der Waals surface area contributed by atoms with Gasteiger partial charge in [0.25, 0.3) is 0 Å². The summed E-state index contributed by atoms with van der Waals surface area (Å²) >= 11 is 0. The predicted octanol–water partition coefficient (Wildman–Crippen LogP) is -8.47. The Bertz CT molecular complexity index is 3220. The van der Waals surface area contributed by atoms with Crippen molar-refractivity contribution in [1.82, 2.24) is 79.3 Å². The monoisotopic (exact) mass is 1560 g/mol. The molecule has 16 amide bonds. The zero-order valence-corrected chi connectivity index (χ0v) is 63.2. The molecule has 0 saturated carbocycles. The Morgan fingerprint density at radius 3 is 1.41 bits per heavy atom. The van der Waals surface area contributed by atoms with Crippen LogP contribution in [0, 0.1) is 17.8 Å². The molecule has 106 heavy (non-hydrogen) atoms. The molecule has 596 valence electrons. The van der Waals surface area contributed by atoms with Crippen molar-refractivity contribution in [3.63, 3.8) is 0 Å². The highest BCUT2D eigenvalue weighted by Gasteiger charge is 2.42. The molecule has 2 bridgehead atoms. The number of aliphatic imine (C=N–C) groups is 1. The van der Waals surface area contributed by atoms with E-state index in [4.69, 9.17) is 17.2 Å². The molecule has 43 heteroatoms. The SMILES string of the molecule is CC(C)CC1NC(=O)C2CSSCC(NC(=O)CNC(=O)C(CC(C)C)NC(=O)C(C(C)O)NC(=O)C3CCCN3C(=O)C(CC(C)C)NC(=O)CNC1=O)C(=O)NC(CCS(C)=O)C(=O)NC(CC(N)=O)C(=O)NCC(=O)NC(C(C)O)C(=O)NC(CCC(=O)O)C(=O)NC(CCCN=C(N)N)C(=O)N2. The van der Waals surface area contributed by atoms with E-state index in [9.17, 15) is 101 Å². The van der Waals surface area contributed by atoms with Crippen LogP contribution in [0.15, 0.2) is 4.99 Å². The molecule has 0 aromatic rings. The second kappa shape index (κ2) is 45.5. The summed E-state index contributed by atoms with van der Waals surface area (Å²) in [4.78, 5) is 243. The zero-order valence-electron chi connectivity index (χ0n) is 60.8. The minimum atomic E-state index is -1.97. The molecule has 0 radical (unpaired) electrons. The van der Waals surface area contributed by atoms with E-state index in [-0.39, 0.29) is 81.1 Å². The number of rotatable bonds is 20. The van der Waals surface area contributed by atoms with Crippen molar-refractivity contribution in [2.75, 3.05) is 56.2 Å². The lowest BCUT2D eigenvalue weighted by Gasteiger charge is -2.31. The van der Waals surface area contributed by atoms with Crippen LogP contribution in [0.2, 0.25) is 0 Å². The standard InChI is InChI=1S/C63H105N19O21S3/c1-29(2)20-37-51(91)68-24-45(86)71-40(22-31(5)6)62(102)82-18-11-13-43(82)59(99)81-50(33(8)84)61(101)78-38(21-30(3)4)52(92)69-25-46(87)72-41-27-104-105-28-42(58(98)76-37)79-54(94)34(12-10-17-67-63(65)66)73-55(95)35(14-15-48(89)90)75-60(100)49(32(7)83)80-47(88)26-70-53(93)39(23-44(64)85)77-56(96)36(74-57(41)97)16-19-106(9)103/h29-43,49-50,83-84H,10-28H2,1-9H3,(H2,64,85)(H,68,91)(H,69,92)(H,70,93)(H,71,86)(H,72,87)(H,73,95)(H,74,97)(H,75,100)(H,76,98)(H,77,96)(H,78,101)(H,79,94)(H,80,88)(H,81,99)(H,89,90)(H4,65,66,67). The Kier molecular flexibility index (Phi) is 39.2. The van der Waals surface area contributed by atoms with Crippen molar-refractivity contribution in [3.8, 4) is 0 Å². The van der Waals surface area contributed by atoms with E-state index in [1.807, 2.05) is 0 Å². The molecular weight excluding hydrogens is 1460 g/mol. The number of hydrogen-bond acceptors (Lipinski definition) is 23. The van der Waals surface area contributed by atoms with Crippen molar-refractivity contribution >= 4 is 139 Å². The van der Waals surface area contributed by atoms with Crippen LogP contribution in [-0.4, -0.2) is 272 Å². The van der Waals surface area contributed by atoms with Gasteiger partial charge in [0.1, 0.15) is 72.5 Å². The van der Waals surface area contributed by atoms with Crippen LogP contribution in [0.4, 0.5) is 0 Å². The summed E-state index contributed by atoms with van der Waals surface area (Å²) in [6, 6.07) is -20.0. The van der Waals surface area contributed by atoms with E-state index in [0.717, 1.165) is 28.5 Å². The molecule has 3 saturated heterocycles. The molecule has 3 fully saturated rings. The molecule has 3 heterocycles. The number of carboxylic acid groups (broad SMARTS) is 1. The van der Waals surface area contributed by atoms with Gasteiger partial charge in [0, 0.05) is 53.8 Å². The topological polar surface area (TPSA) is 630 Å². The van der Waals surface area contributed by atoms with Crippen LogP contribution in [-0.2, 0) is 92.3 Å². The first kappa shape index (κ1) is 91.2. The fourth-order valence-corrected chi connectivity index (χ4v) is 13.9. The van der Waals surface area contributed by atoms with Crippen molar-refractivity contribution in [2.45, 2.75) is 211 Å². The number of aliphatic hydroxyl groups excluding tert-OH is 2. The number of amides is 16. The number of guanidine groups is 1. The maximum atomic E-state index is 14.9. The summed E-state index contributed by atoms with van der Waals surface area (Å²) < 4.78 is 12.6. The minimum Gasteiger partial charge on any atom is -0.481 e. The van der Waals surface area contributed by atoms with Gasteiger partial charge in [0.15, 0.2) is 5.96 Å². The van der Waals surface area contributed by atoms with Crippen LogP contribution in [0.25, 0.3) is 0 Å². The van der Waals surface area contributed by atoms with Crippen molar-refractivity contribution < 1.29 is 101 Å². The molecular formula is C63H105N19O21S3. The first-order chi connectivity index (χ1) is 49.7. The lowest BCUT2D eigenvalue weighted by atomic mass is 10.0. The third-order valence-electron chi connectivity index (χ3n) is 16.3.